The van der Waals surface area contributed by atoms with Crippen LogP contribution in [0, 0.1) is 0 Å². The van der Waals surface area contributed by atoms with Crippen LogP contribution < -0.4 is 15.0 Å². The molecule has 0 spiro atoms. The second-order valence-electron chi connectivity index (χ2n) is 5.50. The van der Waals surface area contributed by atoms with Gasteiger partial charge in [0.2, 0.25) is 0 Å². The number of para-hydroxylation sites is 2. The van der Waals surface area contributed by atoms with E-state index in [1.807, 2.05) is 6.07 Å². The van der Waals surface area contributed by atoms with Crippen molar-refractivity contribution in [2.75, 3.05) is 44.3 Å². The van der Waals surface area contributed by atoms with E-state index in [1.54, 1.807) is 0 Å². The molecule has 4 heteroatoms. The van der Waals surface area contributed by atoms with Crippen molar-refractivity contribution < 1.29 is 9.47 Å². The fourth-order valence-corrected chi connectivity index (χ4v) is 2.91. The van der Waals surface area contributed by atoms with Crippen LogP contribution in [0.25, 0.3) is 0 Å². The fraction of sp³-hybridized carbons (Fsp3) is 0.625. The zero-order valence-corrected chi connectivity index (χ0v) is 12.0. The predicted octanol–water partition coefficient (Wildman–Crippen LogP) is 2.04. The van der Waals surface area contributed by atoms with E-state index < -0.39 is 0 Å². The van der Waals surface area contributed by atoms with Crippen molar-refractivity contribution in [2.24, 2.45) is 0 Å². The average Bonchev–Trinajstić information content (AvgIpc) is 2.91. The predicted molar refractivity (Wildman–Crippen MR) is 80.6 cm³/mol. The van der Waals surface area contributed by atoms with Gasteiger partial charge in [0.05, 0.1) is 18.4 Å². The van der Waals surface area contributed by atoms with Crippen molar-refractivity contribution >= 4 is 5.69 Å². The van der Waals surface area contributed by atoms with E-state index in [1.165, 1.54) is 18.5 Å². The Morgan fingerprint density at radius 2 is 2.15 bits per heavy atom. The monoisotopic (exact) mass is 276 g/mol. The lowest BCUT2D eigenvalue weighted by molar-refractivity contribution is 0.110. The van der Waals surface area contributed by atoms with E-state index in [-0.39, 0.29) is 0 Å². The second-order valence-corrected chi connectivity index (χ2v) is 5.50. The van der Waals surface area contributed by atoms with Gasteiger partial charge in [-0.05, 0) is 31.4 Å². The molecule has 4 nitrogen and oxygen atoms in total. The molecule has 1 aromatic rings. The fourth-order valence-electron chi connectivity index (χ4n) is 2.91. The quantitative estimate of drug-likeness (QED) is 0.835. The van der Waals surface area contributed by atoms with Crippen LogP contribution in [-0.4, -0.2) is 45.5 Å². The van der Waals surface area contributed by atoms with Crippen molar-refractivity contribution in [3.8, 4) is 5.75 Å². The zero-order chi connectivity index (χ0) is 13.6. The third kappa shape index (κ3) is 3.44. The molecular weight excluding hydrogens is 252 g/mol. The van der Waals surface area contributed by atoms with Crippen LogP contribution in [0.3, 0.4) is 0 Å². The van der Waals surface area contributed by atoms with Crippen LogP contribution in [0.15, 0.2) is 24.3 Å². The van der Waals surface area contributed by atoms with Gasteiger partial charge in [-0.25, -0.2) is 0 Å². The minimum Gasteiger partial charge on any atom is -0.491 e. The molecule has 2 heterocycles. The van der Waals surface area contributed by atoms with Crippen LogP contribution in [0.5, 0.6) is 5.75 Å². The first-order chi connectivity index (χ1) is 9.93. The van der Waals surface area contributed by atoms with Gasteiger partial charge in [0.1, 0.15) is 5.75 Å². The number of rotatable bonds is 5. The van der Waals surface area contributed by atoms with Gasteiger partial charge in [0, 0.05) is 32.8 Å². The Balaban J connectivity index is 1.49. The van der Waals surface area contributed by atoms with Crippen LogP contribution in [-0.2, 0) is 4.74 Å². The lowest BCUT2D eigenvalue weighted by Gasteiger charge is -2.24. The Hall–Kier alpha value is -1.26. The number of nitrogens with zero attached hydrogens (tertiary/aromatic N) is 1. The van der Waals surface area contributed by atoms with E-state index in [0.29, 0.717) is 6.10 Å². The van der Waals surface area contributed by atoms with Gasteiger partial charge < -0.3 is 19.7 Å². The van der Waals surface area contributed by atoms with Crippen LogP contribution in [0.2, 0.25) is 0 Å². The number of nitrogens with one attached hydrogen (secondary N) is 1. The van der Waals surface area contributed by atoms with Gasteiger partial charge in [0.25, 0.3) is 0 Å². The molecule has 2 aliphatic rings. The summed E-state index contributed by atoms with van der Waals surface area (Å²) in [5.41, 5.74) is 1.23. The Bertz CT molecular complexity index is 419. The molecule has 0 amide bonds. The van der Waals surface area contributed by atoms with Gasteiger partial charge in [-0.15, -0.1) is 0 Å². The number of hydrogen-bond donors (Lipinski definition) is 1. The maximum atomic E-state index is 5.78. The first kappa shape index (κ1) is 13.7. The van der Waals surface area contributed by atoms with Gasteiger partial charge in [-0.3, -0.25) is 0 Å². The maximum Gasteiger partial charge on any atom is 0.142 e. The number of benzene rings is 1. The molecule has 1 unspecified atom stereocenters. The van der Waals surface area contributed by atoms with Crippen molar-refractivity contribution in [3.05, 3.63) is 24.3 Å². The molecular formula is C16H24N2O2. The highest BCUT2D eigenvalue weighted by Crippen LogP contribution is 2.29. The van der Waals surface area contributed by atoms with Gasteiger partial charge in [-0.1, -0.05) is 12.1 Å². The van der Waals surface area contributed by atoms with Crippen molar-refractivity contribution in [2.45, 2.75) is 25.4 Å². The Morgan fingerprint density at radius 1 is 1.20 bits per heavy atom. The van der Waals surface area contributed by atoms with E-state index >= 15 is 0 Å². The summed E-state index contributed by atoms with van der Waals surface area (Å²) in [6.07, 6.45) is 3.92. The minimum atomic E-state index is 0.426. The highest BCUT2D eigenvalue weighted by molar-refractivity contribution is 5.58. The molecule has 0 radical (unpaired) electrons. The normalized spacial score (nSPS) is 22.2. The third-order valence-corrected chi connectivity index (χ3v) is 3.99. The zero-order valence-electron chi connectivity index (χ0n) is 12.0. The molecule has 3 rings (SSSR count). The number of ether oxygens (including phenoxy) is 2. The summed E-state index contributed by atoms with van der Waals surface area (Å²) in [7, 11) is 0. The molecule has 1 fully saturated rings. The number of hydrogen-bond acceptors (Lipinski definition) is 4. The Kier molecular flexibility index (Phi) is 4.77. The standard InChI is InChI=1S/C16H24N2O2/c1-2-7-16-15(6-1)18(9-4-12-20-16)10-8-17-13-14-5-3-11-19-14/h1-2,6-7,14,17H,3-5,8-13H2. The molecule has 0 aliphatic carbocycles. The molecule has 0 saturated carbocycles. The summed E-state index contributed by atoms with van der Waals surface area (Å²) in [5.74, 6) is 1.02. The molecule has 1 N–H and O–H groups in total. The molecule has 1 atom stereocenters. The summed E-state index contributed by atoms with van der Waals surface area (Å²) >= 11 is 0. The largest absolute Gasteiger partial charge is 0.491 e. The van der Waals surface area contributed by atoms with Gasteiger partial charge >= 0.3 is 0 Å². The summed E-state index contributed by atoms with van der Waals surface area (Å²) in [5, 5.41) is 3.52. The summed E-state index contributed by atoms with van der Waals surface area (Å²) in [6, 6.07) is 8.34. The van der Waals surface area contributed by atoms with Crippen molar-refractivity contribution in [1.29, 1.82) is 0 Å². The number of anilines is 1. The maximum absolute atomic E-state index is 5.78. The average molecular weight is 276 g/mol. The van der Waals surface area contributed by atoms with Crippen molar-refractivity contribution in [3.63, 3.8) is 0 Å². The smallest absolute Gasteiger partial charge is 0.142 e. The minimum absolute atomic E-state index is 0.426. The van der Waals surface area contributed by atoms with Crippen LogP contribution in [0.1, 0.15) is 19.3 Å². The molecule has 1 aromatic carbocycles. The highest BCUT2D eigenvalue weighted by Gasteiger charge is 2.17. The van der Waals surface area contributed by atoms with E-state index in [0.717, 1.165) is 51.6 Å². The SMILES string of the molecule is c1ccc2c(c1)OCCCN2CCNCC1CCCO1. The van der Waals surface area contributed by atoms with E-state index in [9.17, 15) is 0 Å². The summed E-state index contributed by atoms with van der Waals surface area (Å²) in [6.45, 7) is 5.81. The first-order valence-electron chi connectivity index (χ1n) is 7.72. The van der Waals surface area contributed by atoms with Gasteiger partial charge in [0.15, 0.2) is 0 Å². The van der Waals surface area contributed by atoms with E-state index in [2.05, 4.69) is 28.4 Å². The lowest BCUT2D eigenvalue weighted by Crippen LogP contribution is -2.35. The molecule has 2 aliphatic heterocycles. The molecule has 0 bridgehead atoms. The molecule has 110 valence electrons. The van der Waals surface area contributed by atoms with Crippen LogP contribution >= 0.6 is 0 Å². The molecule has 20 heavy (non-hydrogen) atoms. The first-order valence-corrected chi connectivity index (χ1v) is 7.72. The topological polar surface area (TPSA) is 33.7 Å². The van der Waals surface area contributed by atoms with Crippen LogP contribution in [0.4, 0.5) is 5.69 Å². The summed E-state index contributed by atoms with van der Waals surface area (Å²) < 4.78 is 11.4. The number of fused-ring (bicyclic) bond motifs is 1. The van der Waals surface area contributed by atoms with Crippen molar-refractivity contribution in [1.82, 2.24) is 5.32 Å². The Labute approximate surface area is 121 Å². The molecule has 1 saturated heterocycles. The highest BCUT2D eigenvalue weighted by atomic mass is 16.5. The third-order valence-electron chi connectivity index (χ3n) is 3.99. The van der Waals surface area contributed by atoms with E-state index in [4.69, 9.17) is 9.47 Å². The molecule has 0 aromatic heterocycles. The lowest BCUT2D eigenvalue weighted by atomic mass is 10.2. The Morgan fingerprint density at radius 3 is 3.05 bits per heavy atom. The van der Waals surface area contributed by atoms with Gasteiger partial charge in [-0.2, -0.15) is 0 Å². The second kappa shape index (κ2) is 6.95. The summed E-state index contributed by atoms with van der Waals surface area (Å²) in [4.78, 5) is 2.42.